The van der Waals surface area contributed by atoms with Crippen LogP contribution in [0.4, 0.5) is 5.13 Å². The standard InChI is InChI=1S/C19H23N3O3S/c23-17(10-13-4-2-1-3-5-13)22-8-6-15-16(11-22)26-19(20-15)21-18(24)14-7-9-25-12-14/h7,9,12-13H,1-6,8,10-11H2,(H,20,21,24). The summed E-state index contributed by atoms with van der Waals surface area (Å²) in [7, 11) is 0. The molecule has 0 unspecified atom stereocenters. The van der Waals surface area contributed by atoms with Crippen molar-refractivity contribution in [3.63, 3.8) is 0 Å². The quantitative estimate of drug-likeness (QED) is 0.883. The Labute approximate surface area is 156 Å². The van der Waals surface area contributed by atoms with Crippen molar-refractivity contribution in [3.05, 3.63) is 34.7 Å². The molecule has 0 spiro atoms. The summed E-state index contributed by atoms with van der Waals surface area (Å²) in [5.41, 5.74) is 1.47. The molecule has 4 rings (SSSR count). The van der Waals surface area contributed by atoms with Crippen LogP contribution in [-0.2, 0) is 17.8 Å². The summed E-state index contributed by atoms with van der Waals surface area (Å²) < 4.78 is 4.94. The molecule has 7 heteroatoms. The third kappa shape index (κ3) is 3.82. The van der Waals surface area contributed by atoms with Crippen LogP contribution in [0, 0.1) is 5.92 Å². The number of fused-ring (bicyclic) bond motifs is 1. The Morgan fingerprint density at radius 2 is 2.15 bits per heavy atom. The van der Waals surface area contributed by atoms with Crippen molar-refractivity contribution in [1.29, 1.82) is 0 Å². The zero-order valence-corrected chi connectivity index (χ0v) is 15.5. The van der Waals surface area contributed by atoms with Crippen LogP contribution in [0.5, 0.6) is 0 Å². The Morgan fingerprint density at radius 3 is 2.92 bits per heavy atom. The number of rotatable bonds is 4. The first kappa shape index (κ1) is 17.3. The van der Waals surface area contributed by atoms with Crippen LogP contribution in [0.25, 0.3) is 0 Å². The second kappa shape index (κ2) is 7.61. The van der Waals surface area contributed by atoms with Gasteiger partial charge in [0.05, 0.1) is 24.1 Å². The number of carbonyl (C=O) groups is 2. The van der Waals surface area contributed by atoms with E-state index in [4.69, 9.17) is 4.42 Å². The van der Waals surface area contributed by atoms with Gasteiger partial charge in [-0.2, -0.15) is 0 Å². The van der Waals surface area contributed by atoms with Gasteiger partial charge in [-0.05, 0) is 24.8 Å². The van der Waals surface area contributed by atoms with Gasteiger partial charge in [0.25, 0.3) is 5.91 Å². The highest BCUT2D eigenvalue weighted by atomic mass is 32.1. The van der Waals surface area contributed by atoms with E-state index in [1.165, 1.54) is 56.0 Å². The number of hydrogen-bond acceptors (Lipinski definition) is 5. The van der Waals surface area contributed by atoms with Crippen molar-refractivity contribution >= 4 is 28.3 Å². The van der Waals surface area contributed by atoms with Gasteiger partial charge in [0.2, 0.25) is 5.91 Å². The van der Waals surface area contributed by atoms with Crippen molar-refractivity contribution in [1.82, 2.24) is 9.88 Å². The average Bonchev–Trinajstić information content (AvgIpc) is 3.31. The maximum atomic E-state index is 12.6. The molecule has 1 aliphatic carbocycles. The Hall–Kier alpha value is -2.15. The average molecular weight is 373 g/mol. The molecule has 0 aromatic carbocycles. The van der Waals surface area contributed by atoms with E-state index in [1.54, 1.807) is 6.07 Å². The summed E-state index contributed by atoms with van der Waals surface area (Å²) in [4.78, 5) is 32.3. The molecule has 2 aromatic heterocycles. The molecular formula is C19H23N3O3S. The first-order valence-electron chi connectivity index (χ1n) is 9.29. The van der Waals surface area contributed by atoms with Crippen LogP contribution in [-0.4, -0.2) is 28.2 Å². The summed E-state index contributed by atoms with van der Waals surface area (Å²) in [6.07, 6.45) is 10.5. The highest BCUT2D eigenvalue weighted by molar-refractivity contribution is 7.15. The number of nitrogens with one attached hydrogen (secondary N) is 1. The molecule has 138 valence electrons. The second-order valence-corrected chi connectivity index (χ2v) is 8.21. The molecule has 6 nitrogen and oxygen atoms in total. The van der Waals surface area contributed by atoms with Crippen LogP contribution in [0.3, 0.4) is 0 Å². The van der Waals surface area contributed by atoms with Crippen molar-refractivity contribution in [3.8, 4) is 0 Å². The van der Waals surface area contributed by atoms with Crippen LogP contribution in [0.2, 0.25) is 0 Å². The van der Waals surface area contributed by atoms with Crippen molar-refractivity contribution in [2.75, 3.05) is 11.9 Å². The summed E-state index contributed by atoms with van der Waals surface area (Å²) in [6.45, 7) is 1.33. The molecule has 0 atom stereocenters. The predicted molar refractivity (Wildman–Crippen MR) is 99.1 cm³/mol. The molecule has 0 saturated heterocycles. The normalized spacial score (nSPS) is 17.8. The topological polar surface area (TPSA) is 75.4 Å². The molecule has 26 heavy (non-hydrogen) atoms. The lowest BCUT2D eigenvalue weighted by Gasteiger charge is -2.29. The minimum atomic E-state index is -0.227. The number of amides is 2. The molecule has 2 aliphatic rings. The van der Waals surface area contributed by atoms with E-state index < -0.39 is 0 Å². The van der Waals surface area contributed by atoms with Crippen LogP contribution in [0.15, 0.2) is 23.0 Å². The summed E-state index contributed by atoms with van der Waals surface area (Å²) in [6, 6.07) is 1.62. The SMILES string of the molecule is O=C(Nc1nc2c(s1)CN(C(=O)CC1CCCCC1)CC2)c1ccoc1. The lowest BCUT2D eigenvalue weighted by atomic mass is 9.86. The number of nitrogens with zero attached hydrogens (tertiary/aromatic N) is 2. The number of aromatic nitrogens is 1. The fourth-order valence-electron chi connectivity index (χ4n) is 3.79. The molecule has 0 bridgehead atoms. The summed E-state index contributed by atoms with van der Waals surface area (Å²) in [5, 5.41) is 3.40. The van der Waals surface area contributed by atoms with Gasteiger partial charge in [0.15, 0.2) is 5.13 Å². The molecule has 1 saturated carbocycles. The fourth-order valence-corrected chi connectivity index (χ4v) is 4.81. The lowest BCUT2D eigenvalue weighted by molar-refractivity contribution is -0.133. The first-order valence-corrected chi connectivity index (χ1v) is 10.1. The molecule has 1 fully saturated rings. The number of furan rings is 1. The van der Waals surface area contributed by atoms with E-state index in [0.717, 1.165) is 23.5 Å². The largest absolute Gasteiger partial charge is 0.472 e. The highest BCUT2D eigenvalue weighted by Crippen LogP contribution is 2.31. The van der Waals surface area contributed by atoms with Gasteiger partial charge in [-0.3, -0.25) is 14.9 Å². The van der Waals surface area contributed by atoms with E-state index in [2.05, 4.69) is 10.3 Å². The van der Waals surface area contributed by atoms with E-state index in [0.29, 0.717) is 29.6 Å². The smallest absolute Gasteiger partial charge is 0.260 e. The van der Waals surface area contributed by atoms with Crippen molar-refractivity contribution < 1.29 is 14.0 Å². The Balaban J connectivity index is 1.37. The molecule has 2 aromatic rings. The van der Waals surface area contributed by atoms with E-state index in [1.807, 2.05) is 4.90 Å². The molecule has 0 radical (unpaired) electrons. The first-order chi connectivity index (χ1) is 12.7. The Bertz CT molecular complexity index is 778. The number of carbonyl (C=O) groups excluding carboxylic acids is 2. The molecule has 1 aliphatic heterocycles. The monoisotopic (exact) mass is 373 g/mol. The maximum absolute atomic E-state index is 12.6. The molecular weight excluding hydrogens is 350 g/mol. The van der Waals surface area contributed by atoms with Gasteiger partial charge in [-0.25, -0.2) is 4.98 Å². The van der Waals surface area contributed by atoms with Crippen LogP contribution < -0.4 is 5.32 Å². The highest BCUT2D eigenvalue weighted by Gasteiger charge is 2.26. The van der Waals surface area contributed by atoms with E-state index in [9.17, 15) is 9.59 Å². The second-order valence-electron chi connectivity index (χ2n) is 7.13. The third-order valence-electron chi connectivity index (χ3n) is 5.28. The maximum Gasteiger partial charge on any atom is 0.260 e. The molecule has 1 N–H and O–H groups in total. The fraction of sp³-hybridized carbons (Fsp3) is 0.526. The minimum Gasteiger partial charge on any atom is -0.472 e. The van der Waals surface area contributed by atoms with Crippen LogP contribution >= 0.6 is 11.3 Å². The molecule has 2 amide bonds. The van der Waals surface area contributed by atoms with Gasteiger partial charge in [-0.1, -0.05) is 30.6 Å². The van der Waals surface area contributed by atoms with E-state index >= 15 is 0 Å². The van der Waals surface area contributed by atoms with Gasteiger partial charge in [0, 0.05) is 24.3 Å². The van der Waals surface area contributed by atoms with Crippen LogP contribution in [0.1, 0.15) is 59.5 Å². The van der Waals surface area contributed by atoms with E-state index in [-0.39, 0.29) is 11.8 Å². The van der Waals surface area contributed by atoms with Gasteiger partial charge in [-0.15, -0.1) is 0 Å². The number of thiazole rings is 1. The predicted octanol–water partition coefficient (Wildman–Crippen LogP) is 3.84. The zero-order chi connectivity index (χ0) is 17.9. The number of anilines is 1. The zero-order valence-electron chi connectivity index (χ0n) is 14.7. The molecule has 3 heterocycles. The van der Waals surface area contributed by atoms with Gasteiger partial charge >= 0.3 is 0 Å². The van der Waals surface area contributed by atoms with Crippen molar-refractivity contribution in [2.45, 2.75) is 51.5 Å². The Kier molecular flexibility index (Phi) is 5.06. The lowest BCUT2D eigenvalue weighted by Crippen LogP contribution is -2.36. The van der Waals surface area contributed by atoms with Gasteiger partial charge < -0.3 is 9.32 Å². The number of hydrogen-bond donors (Lipinski definition) is 1. The van der Waals surface area contributed by atoms with Crippen molar-refractivity contribution in [2.24, 2.45) is 5.92 Å². The Morgan fingerprint density at radius 1 is 1.31 bits per heavy atom. The minimum absolute atomic E-state index is 0.227. The summed E-state index contributed by atoms with van der Waals surface area (Å²) in [5.74, 6) is 0.596. The van der Waals surface area contributed by atoms with Gasteiger partial charge in [0.1, 0.15) is 6.26 Å². The summed E-state index contributed by atoms with van der Waals surface area (Å²) >= 11 is 1.46. The third-order valence-corrected chi connectivity index (χ3v) is 6.27.